The molecule has 0 saturated heterocycles. The maximum Gasteiger partial charge on any atom is 0.263 e. The minimum Gasteiger partial charge on any atom is -0.266 e. The Morgan fingerprint density at radius 3 is 1.69 bits per heavy atom. The zero-order chi connectivity index (χ0) is 22.1. The van der Waals surface area contributed by atoms with Crippen molar-refractivity contribution in [2.24, 2.45) is 11.0 Å². The van der Waals surface area contributed by atoms with Crippen LogP contribution in [0.5, 0.6) is 0 Å². The molecule has 10 heteroatoms. The highest BCUT2D eigenvalue weighted by Gasteiger charge is 2.22. The Bertz CT molecular complexity index is 659. The maximum absolute atomic E-state index is 6.03. The largest absolute Gasteiger partial charge is 0.266 e. The van der Waals surface area contributed by atoms with Crippen LogP contribution in [0.15, 0.2) is 40.1 Å². The molecule has 1 N–H and O–H groups in total. The fourth-order valence-corrected chi connectivity index (χ4v) is 2.66. The molecule has 6 nitrogen and oxygen atoms in total. The lowest BCUT2D eigenvalue weighted by Crippen LogP contribution is -2.22. The Labute approximate surface area is 193 Å². The van der Waals surface area contributed by atoms with E-state index in [1.54, 1.807) is 0 Å². The van der Waals surface area contributed by atoms with Crippen molar-refractivity contribution in [1.82, 2.24) is 25.8 Å². The minimum atomic E-state index is -0.00519. The fraction of sp³-hybridized carbons (Fsp3) is 0.526. The Morgan fingerprint density at radius 1 is 0.793 bits per heavy atom. The summed E-state index contributed by atoms with van der Waals surface area (Å²) in [6.07, 6.45) is 14.1. The quantitative estimate of drug-likeness (QED) is 0.352. The van der Waals surface area contributed by atoms with Crippen LogP contribution in [0.3, 0.4) is 0 Å². The molecule has 0 amide bonds. The molecule has 0 spiro atoms. The molecule has 1 unspecified atom stereocenters. The van der Waals surface area contributed by atoms with Gasteiger partial charge in [-0.25, -0.2) is 0 Å². The van der Waals surface area contributed by atoms with Crippen LogP contribution < -0.4 is 5.43 Å². The van der Waals surface area contributed by atoms with Crippen LogP contribution in [-0.2, 0) is 0 Å². The summed E-state index contributed by atoms with van der Waals surface area (Å²) in [4.78, 5) is 0. The number of nitrogens with one attached hydrogen (secondary N) is 1. The van der Waals surface area contributed by atoms with Crippen LogP contribution in [0.25, 0.3) is 0 Å². The highest BCUT2D eigenvalue weighted by molar-refractivity contribution is 6.66. The topological polar surface area (TPSA) is 76.0 Å². The van der Waals surface area contributed by atoms with E-state index in [-0.39, 0.29) is 16.5 Å². The molecular weight excluding hydrogens is 454 g/mol. The van der Waals surface area contributed by atoms with Gasteiger partial charge >= 0.3 is 0 Å². The summed E-state index contributed by atoms with van der Waals surface area (Å²) in [6.45, 7) is 8.40. The minimum absolute atomic E-state index is 0.00519. The molecule has 2 heterocycles. The predicted molar refractivity (Wildman–Crippen MR) is 124 cm³/mol. The van der Waals surface area contributed by atoms with Gasteiger partial charge in [0.1, 0.15) is 10.3 Å². The summed E-state index contributed by atoms with van der Waals surface area (Å²) in [6, 6.07) is 0. The smallest absolute Gasteiger partial charge is 0.263 e. The molecule has 0 bridgehead atoms. The first kappa shape index (κ1) is 27.8. The van der Waals surface area contributed by atoms with Crippen molar-refractivity contribution in [3.63, 3.8) is 0 Å². The van der Waals surface area contributed by atoms with Crippen LogP contribution in [0.4, 0.5) is 0 Å². The number of hydrogen-bond acceptors (Lipinski definition) is 6. The van der Waals surface area contributed by atoms with Gasteiger partial charge in [-0.05, 0) is 67.8 Å². The normalized spacial score (nSPS) is 16.0. The molecule has 0 saturated carbocycles. The third-order valence-corrected chi connectivity index (χ3v) is 4.54. The molecule has 29 heavy (non-hydrogen) atoms. The molecule has 1 aromatic heterocycles. The highest BCUT2D eigenvalue weighted by atomic mass is 35.5. The van der Waals surface area contributed by atoms with Gasteiger partial charge in [0, 0.05) is 5.92 Å². The Kier molecular flexibility index (Phi) is 16.9. The summed E-state index contributed by atoms with van der Waals surface area (Å²) in [5.41, 5.74) is 3.77. The van der Waals surface area contributed by atoms with Gasteiger partial charge < -0.3 is 0 Å². The van der Waals surface area contributed by atoms with Crippen molar-refractivity contribution < 1.29 is 0 Å². The average molecular weight is 482 g/mol. The summed E-state index contributed by atoms with van der Waals surface area (Å²) < 4.78 is 0. The van der Waals surface area contributed by atoms with E-state index in [2.05, 4.69) is 76.0 Å². The number of aromatic nitrogens is 4. The van der Waals surface area contributed by atoms with E-state index in [0.717, 1.165) is 24.8 Å². The summed E-state index contributed by atoms with van der Waals surface area (Å²) in [7, 11) is 0. The summed E-state index contributed by atoms with van der Waals surface area (Å²) in [5, 5.41) is 18.3. The van der Waals surface area contributed by atoms with Crippen molar-refractivity contribution >= 4 is 51.6 Å². The van der Waals surface area contributed by atoms with Gasteiger partial charge in [-0.3, -0.25) is 5.43 Å². The fourth-order valence-electron chi connectivity index (χ4n) is 2.02. The monoisotopic (exact) mass is 480 g/mol. The molecule has 1 aliphatic heterocycles. The first-order chi connectivity index (χ1) is 13.9. The molecule has 162 valence electrons. The van der Waals surface area contributed by atoms with Gasteiger partial charge in [0.15, 0.2) is 0 Å². The van der Waals surface area contributed by atoms with Gasteiger partial charge in [0.25, 0.3) is 10.6 Å². The molecule has 0 radical (unpaired) electrons. The van der Waals surface area contributed by atoms with E-state index < -0.39 is 0 Å². The molecular formula is C19H28Cl4N6. The van der Waals surface area contributed by atoms with Gasteiger partial charge in [-0.1, -0.05) is 68.3 Å². The van der Waals surface area contributed by atoms with E-state index in [4.69, 9.17) is 46.4 Å². The van der Waals surface area contributed by atoms with Gasteiger partial charge in [-0.2, -0.15) is 5.10 Å². The summed E-state index contributed by atoms with van der Waals surface area (Å²) in [5.74, 6) is 0.168. The van der Waals surface area contributed by atoms with Crippen LogP contribution in [0.2, 0.25) is 10.6 Å². The number of halogens is 4. The SMILES string of the molecule is CC/C=C\CC.CC/C=C\CCC1C(Cl)=NNC(Cl)=C1C.Clc1nnc(Cl)nn1. The lowest BCUT2D eigenvalue weighted by molar-refractivity contribution is 0.685. The number of hydrogen-bond donors (Lipinski definition) is 1. The Balaban J connectivity index is 0.000000468. The molecule has 2 rings (SSSR count). The zero-order valence-corrected chi connectivity index (χ0v) is 20.2. The average Bonchev–Trinajstić information content (AvgIpc) is 2.72. The van der Waals surface area contributed by atoms with Gasteiger partial charge in [0.2, 0.25) is 0 Å². The second-order valence-corrected chi connectivity index (χ2v) is 7.22. The second-order valence-electron chi connectivity index (χ2n) is 5.78. The van der Waals surface area contributed by atoms with Crippen LogP contribution in [0.1, 0.15) is 59.8 Å². The zero-order valence-electron chi connectivity index (χ0n) is 17.2. The van der Waals surface area contributed by atoms with Crippen LogP contribution >= 0.6 is 46.4 Å². The van der Waals surface area contributed by atoms with Gasteiger partial charge in [0.05, 0.1) is 0 Å². The predicted octanol–water partition coefficient (Wildman–Crippen LogP) is 6.91. The molecule has 0 aliphatic carbocycles. The van der Waals surface area contributed by atoms with E-state index in [1.807, 2.05) is 6.92 Å². The number of hydrazone groups is 1. The summed E-state index contributed by atoms with van der Waals surface area (Å²) >= 11 is 22.4. The maximum atomic E-state index is 6.03. The van der Waals surface area contributed by atoms with E-state index >= 15 is 0 Å². The van der Waals surface area contributed by atoms with Crippen molar-refractivity contribution in [3.8, 4) is 0 Å². The third kappa shape index (κ3) is 13.6. The van der Waals surface area contributed by atoms with E-state index in [0.29, 0.717) is 10.3 Å². The lowest BCUT2D eigenvalue weighted by Gasteiger charge is -2.21. The molecule has 1 atom stereocenters. The second kappa shape index (κ2) is 17.6. The number of nitrogens with zero attached hydrogens (tertiary/aromatic N) is 5. The van der Waals surface area contributed by atoms with E-state index in [1.165, 1.54) is 12.8 Å². The first-order valence-electron chi connectivity index (χ1n) is 9.40. The number of allylic oxidation sites excluding steroid dienone is 5. The molecule has 0 fully saturated rings. The molecule has 1 aliphatic rings. The van der Waals surface area contributed by atoms with Crippen molar-refractivity contribution in [3.05, 3.63) is 45.6 Å². The third-order valence-electron chi connectivity index (χ3n) is 3.51. The molecule has 0 aromatic carbocycles. The van der Waals surface area contributed by atoms with Crippen molar-refractivity contribution in [1.29, 1.82) is 0 Å². The molecule has 1 aromatic rings. The van der Waals surface area contributed by atoms with Crippen molar-refractivity contribution in [2.75, 3.05) is 0 Å². The van der Waals surface area contributed by atoms with Crippen molar-refractivity contribution in [2.45, 2.75) is 59.8 Å². The highest BCUT2D eigenvalue weighted by Crippen LogP contribution is 2.27. The van der Waals surface area contributed by atoms with Crippen LogP contribution in [-0.4, -0.2) is 25.6 Å². The van der Waals surface area contributed by atoms with Gasteiger partial charge in [-0.15, -0.1) is 20.4 Å². The lowest BCUT2D eigenvalue weighted by atomic mass is 9.96. The Morgan fingerprint density at radius 2 is 1.24 bits per heavy atom. The number of rotatable bonds is 6. The first-order valence-corrected chi connectivity index (χ1v) is 10.9. The standard InChI is InChI=1S/C11H16Cl2N2.C6H12.C2Cl2N4/c1-3-4-5-6-7-9-8(2)10(12)14-15-11(9)13;1-3-5-6-4-2;3-1-5-7-2(4)8-6-1/h4-5,9,14H,3,6-7H2,1-2H3;5-6H,3-4H2,1-2H3;/b5-4-;6-5-;. The Hall–Kier alpha value is -1.21. The van der Waals surface area contributed by atoms with E-state index in [9.17, 15) is 0 Å². The van der Waals surface area contributed by atoms with Crippen LogP contribution in [0, 0.1) is 5.92 Å².